The Kier molecular flexibility index (Phi) is 2.96. The van der Waals surface area contributed by atoms with Gasteiger partial charge in [-0.1, -0.05) is 0 Å². The summed E-state index contributed by atoms with van der Waals surface area (Å²) in [5.74, 6) is 0.787. The summed E-state index contributed by atoms with van der Waals surface area (Å²) < 4.78 is 0. The molecule has 0 amide bonds. The van der Waals surface area contributed by atoms with Gasteiger partial charge in [0, 0.05) is 19.4 Å². The van der Waals surface area contributed by atoms with Crippen molar-refractivity contribution in [2.24, 2.45) is 0 Å². The molecule has 0 radical (unpaired) electrons. The molecular weight excluding hydrogens is 204 g/mol. The van der Waals surface area contributed by atoms with Crippen molar-refractivity contribution in [3.63, 3.8) is 0 Å². The Bertz CT molecular complexity index is 488. The van der Waals surface area contributed by atoms with E-state index in [2.05, 4.69) is 15.0 Å². The van der Waals surface area contributed by atoms with Crippen LogP contribution in [-0.4, -0.2) is 39.8 Å². The number of pyridine rings is 1. The van der Waals surface area contributed by atoms with E-state index in [0.717, 1.165) is 11.3 Å². The van der Waals surface area contributed by atoms with Crippen LogP contribution >= 0.6 is 0 Å². The zero-order chi connectivity index (χ0) is 11.5. The topological polar surface area (TPSA) is 62.1 Å². The van der Waals surface area contributed by atoms with Crippen LogP contribution in [0.4, 0.5) is 5.82 Å². The lowest BCUT2D eigenvalue weighted by Crippen LogP contribution is -2.32. The van der Waals surface area contributed by atoms with Gasteiger partial charge in [0.05, 0.1) is 12.6 Å². The van der Waals surface area contributed by atoms with Gasteiger partial charge in [-0.05, 0) is 19.1 Å². The van der Waals surface area contributed by atoms with Crippen molar-refractivity contribution in [3.05, 3.63) is 24.5 Å². The van der Waals surface area contributed by atoms with E-state index in [9.17, 15) is 0 Å². The molecule has 5 nitrogen and oxygen atoms in total. The molecule has 1 unspecified atom stereocenters. The molecule has 2 aromatic rings. The van der Waals surface area contributed by atoms with Crippen molar-refractivity contribution < 1.29 is 5.11 Å². The molecule has 2 rings (SSSR count). The molecule has 5 heteroatoms. The number of aromatic nitrogens is 3. The number of nitrogens with zero attached hydrogens (tertiary/aromatic N) is 4. The Balaban J connectivity index is 2.39. The first-order valence-corrected chi connectivity index (χ1v) is 5.14. The lowest BCUT2D eigenvalue weighted by atomic mass is 10.3. The number of hydrogen-bond acceptors (Lipinski definition) is 5. The standard InChI is InChI=1S/C11H14N4O/c1-8(7-16)15(2)10-4-3-9-11(14-10)13-6-5-12-9/h3-6,8,16H,7H2,1-2H3. The maximum atomic E-state index is 9.08. The van der Waals surface area contributed by atoms with Crippen molar-refractivity contribution in [3.8, 4) is 0 Å². The monoisotopic (exact) mass is 218 g/mol. The first-order valence-electron chi connectivity index (χ1n) is 5.14. The molecule has 0 bridgehead atoms. The quantitative estimate of drug-likeness (QED) is 0.827. The lowest BCUT2D eigenvalue weighted by molar-refractivity contribution is 0.270. The normalized spacial score (nSPS) is 12.7. The van der Waals surface area contributed by atoms with Crippen LogP contribution in [0.15, 0.2) is 24.5 Å². The van der Waals surface area contributed by atoms with Crippen molar-refractivity contribution in [2.75, 3.05) is 18.6 Å². The first kappa shape index (κ1) is 10.8. The Morgan fingerprint density at radius 3 is 2.81 bits per heavy atom. The maximum Gasteiger partial charge on any atom is 0.180 e. The molecule has 2 aromatic heterocycles. The molecular formula is C11H14N4O. The van der Waals surface area contributed by atoms with Gasteiger partial charge in [-0.3, -0.25) is 4.98 Å². The number of likely N-dealkylation sites (N-methyl/N-ethyl adjacent to an activating group) is 1. The summed E-state index contributed by atoms with van der Waals surface area (Å²) in [7, 11) is 1.89. The van der Waals surface area contributed by atoms with Crippen LogP contribution in [0.2, 0.25) is 0 Å². The molecule has 0 aliphatic rings. The first-order chi connectivity index (χ1) is 7.72. The van der Waals surface area contributed by atoms with E-state index in [4.69, 9.17) is 5.11 Å². The van der Waals surface area contributed by atoms with E-state index >= 15 is 0 Å². The van der Waals surface area contributed by atoms with E-state index in [1.54, 1.807) is 12.4 Å². The molecule has 0 aliphatic carbocycles. The van der Waals surface area contributed by atoms with E-state index in [0.29, 0.717) is 5.65 Å². The number of rotatable bonds is 3. The smallest absolute Gasteiger partial charge is 0.180 e. The Morgan fingerprint density at radius 2 is 2.06 bits per heavy atom. The zero-order valence-corrected chi connectivity index (χ0v) is 9.33. The van der Waals surface area contributed by atoms with Crippen molar-refractivity contribution >= 4 is 17.0 Å². The van der Waals surface area contributed by atoms with Crippen LogP contribution < -0.4 is 4.90 Å². The third-order valence-corrected chi connectivity index (χ3v) is 2.60. The lowest BCUT2D eigenvalue weighted by Gasteiger charge is -2.24. The summed E-state index contributed by atoms with van der Waals surface area (Å²) in [6, 6.07) is 3.79. The van der Waals surface area contributed by atoms with Gasteiger partial charge in [-0.15, -0.1) is 0 Å². The van der Waals surface area contributed by atoms with Crippen molar-refractivity contribution in [1.82, 2.24) is 15.0 Å². The van der Waals surface area contributed by atoms with Gasteiger partial charge in [0.1, 0.15) is 11.3 Å². The van der Waals surface area contributed by atoms with Gasteiger partial charge in [0.15, 0.2) is 5.65 Å². The fraction of sp³-hybridized carbons (Fsp3) is 0.364. The van der Waals surface area contributed by atoms with E-state index in [1.165, 1.54) is 0 Å². The summed E-state index contributed by atoms with van der Waals surface area (Å²) >= 11 is 0. The number of anilines is 1. The fourth-order valence-electron chi connectivity index (χ4n) is 1.39. The average molecular weight is 218 g/mol. The molecule has 0 aliphatic heterocycles. The van der Waals surface area contributed by atoms with Gasteiger partial charge >= 0.3 is 0 Å². The second kappa shape index (κ2) is 4.40. The number of aliphatic hydroxyl groups excluding tert-OH is 1. The molecule has 0 spiro atoms. The molecule has 0 fully saturated rings. The van der Waals surface area contributed by atoms with Crippen LogP contribution in [0.25, 0.3) is 11.2 Å². The third kappa shape index (κ3) is 1.94. The third-order valence-electron chi connectivity index (χ3n) is 2.60. The van der Waals surface area contributed by atoms with E-state index in [-0.39, 0.29) is 12.6 Å². The molecule has 1 atom stereocenters. The Hall–Kier alpha value is -1.75. The predicted molar refractivity (Wildman–Crippen MR) is 62.3 cm³/mol. The summed E-state index contributed by atoms with van der Waals surface area (Å²) in [5.41, 5.74) is 1.40. The van der Waals surface area contributed by atoms with Crippen molar-refractivity contribution in [1.29, 1.82) is 0 Å². The van der Waals surface area contributed by atoms with Crippen LogP contribution in [0.3, 0.4) is 0 Å². The van der Waals surface area contributed by atoms with Gasteiger partial charge in [-0.25, -0.2) is 9.97 Å². The van der Waals surface area contributed by atoms with Gasteiger partial charge in [0.25, 0.3) is 0 Å². The van der Waals surface area contributed by atoms with Crippen LogP contribution in [-0.2, 0) is 0 Å². The molecule has 2 heterocycles. The number of hydrogen-bond donors (Lipinski definition) is 1. The minimum Gasteiger partial charge on any atom is -0.394 e. The van der Waals surface area contributed by atoms with E-state index < -0.39 is 0 Å². The second-order valence-electron chi connectivity index (χ2n) is 3.71. The minimum atomic E-state index is 0.0293. The Morgan fingerprint density at radius 1 is 1.31 bits per heavy atom. The van der Waals surface area contributed by atoms with Crippen LogP contribution in [0.1, 0.15) is 6.92 Å². The number of aliphatic hydroxyl groups is 1. The van der Waals surface area contributed by atoms with Gasteiger partial charge in [-0.2, -0.15) is 0 Å². The van der Waals surface area contributed by atoms with Crippen molar-refractivity contribution in [2.45, 2.75) is 13.0 Å². The summed E-state index contributed by atoms with van der Waals surface area (Å²) in [4.78, 5) is 14.6. The fourth-order valence-corrected chi connectivity index (χ4v) is 1.39. The SMILES string of the molecule is CC(CO)N(C)c1ccc2nccnc2n1. The molecule has 0 saturated carbocycles. The predicted octanol–water partition coefficient (Wildman–Crippen LogP) is 0.842. The maximum absolute atomic E-state index is 9.08. The highest BCUT2D eigenvalue weighted by atomic mass is 16.3. The summed E-state index contributed by atoms with van der Waals surface area (Å²) in [6.45, 7) is 2.03. The highest BCUT2D eigenvalue weighted by Crippen LogP contribution is 2.15. The average Bonchev–Trinajstić information content (AvgIpc) is 2.36. The molecule has 1 N–H and O–H groups in total. The highest BCUT2D eigenvalue weighted by molar-refractivity contribution is 5.71. The largest absolute Gasteiger partial charge is 0.394 e. The molecule has 84 valence electrons. The minimum absolute atomic E-state index is 0.0293. The molecule has 0 saturated heterocycles. The Labute approximate surface area is 93.8 Å². The zero-order valence-electron chi connectivity index (χ0n) is 9.33. The number of fused-ring (bicyclic) bond motifs is 1. The van der Waals surface area contributed by atoms with Gasteiger partial charge in [0.2, 0.25) is 0 Å². The van der Waals surface area contributed by atoms with Crippen LogP contribution in [0.5, 0.6) is 0 Å². The summed E-state index contributed by atoms with van der Waals surface area (Å²) in [5, 5.41) is 9.08. The molecule has 16 heavy (non-hydrogen) atoms. The van der Waals surface area contributed by atoms with Crippen LogP contribution in [0, 0.1) is 0 Å². The second-order valence-corrected chi connectivity index (χ2v) is 3.71. The summed E-state index contributed by atoms with van der Waals surface area (Å²) in [6.07, 6.45) is 3.26. The van der Waals surface area contributed by atoms with E-state index in [1.807, 2.05) is 31.0 Å². The highest BCUT2D eigenvalue weighted by Gasteiger charge is 2.10. The molecule has 0 aromatic carbocycles. The van der Waals surface area contributed by atoms with Gasteiger partial charge < -0.3 is 10.0 Å².